The Hall–Kier alpha value is -2.67. The third-order valence-electron chi connectivity index (χ3n) is 5.50. The van der Waals surface area contributed by atoms with Gasteiger partial charge in [-0.1, -0.05) is 48.0 Å². The average Bonchev–Trinajstić information content (AvgIpc) is 2.70. The summed E-state index contributed by atoms with van der Waals surface area (Å²) in [6.07, 6.45) is -3.63. The summed E-state index contributed by atoms with van der Waals surface area (Å²) in [7, 11) is 0. The number of benzene rings is 2. The maximum Gasteiger partial charge on any atom is 0.393 e. The largest absolute Gasteiger partial charge is 0.393 e. The van der Waals surface area contributed by atoms with E-state index < -0.39 is 12.1 Å². The van der Waals surface area contributed by atoms with Crippen LogP contribution in [0, 0.1) is 12.8 Å². The lowest BCUT2D eigenvalue weighted by Crippen LogP contribution is -2.44. The van der Waals surface area contributed by atoms with Crippen LogP contribution in [0.15, 0.2) is 53.3 Å². The number of aromatic nitrogens is 2. The number of hydrogen-bond donors (Lipinski definition) is 0. The van der Waals surface area contributed by atoms with Crippen molar-refractivity contribution in [3.63, 3.8) is 0 Å². The van der Waals surface area contributed by atoms with Gasteiger partial charge < -0.3 is 0 Å². The number of hydrogen-bond acceptors (Lipinski definition) is 3. The molecule has 1 atom stereocenters. The van der Waals surface area contributed by atoms with E-state index in [4.69, 9.17) is 0 Å². The summed E-state index contributed by atoms with van der Waals surface area (Å²) >= 11 is 0. The Balaban J connectivity index is 1.74. The number of aryl methyl sites for hydroxylation is 1. The third kappa shape index (κ3) is 4.05. The molecule has 1 unspecified atom stereocenters. The van der Waals surface area contributed by atoms with E-state index in [1.54, 1.807) is 17.0 Å². The molecule has 1 saturated heterocycles. The standard InChI is InChI=1S/C22H22F3N3O/c1-15-8-10-16(11-9-15)20-18-6-2-3-7-19(18)21(29)28(26-20)14-27-12-4-5-17(13-27)22(23,24)25/h2-3,6-11,17H,4-5,12-14H2,1H3. The van der Waals surface area contributed by atoms with Crippen molar-refractivity contribution in [2.45, 2.75) is 32.6 Å². The van der Waals surface area contributed by atoms with Crippen LogP contribution in [0.2, 0.25) is 0 Å². The lowest BCUT2D eigenvalue weighted by molar-refractivity contribution is -0.188. The maximum absolute atomic E-state index is 13.1. The molecule has 0 bridgehead atoms. The number of nitrogens with zero attached hydrogens (tertiary/aromatic N) is 3. The first-order chi connectivity index (χ1) is 13.8. The highest BCUT2D eigenvalue weighted by molar-refractivity contribution is 5.93. The molecule has 152 valence electrons. The second kappa shape index (κ2) is 7.63. The van der Waals surface area contributed by atoms with Gasteiger partial charge in [0.15, 0.2) is 0 Å². The van der Waals surface area contributed by atoms with Gasteiger partial charge in [0, 0.05) is 17.5 Å². The van der Waals surface area contributed by atoms with Crippen LogP contribution in [-0.4, -0.2) is 33.9 Å². The predicted molar refractivity (Wildman–Crippen MR) is 107 cm³/mol. The quantitative estimate of drug-likeness (QED) is 0.644. The molecule has 1 aromatic heterocycles. The molecule has 1 aliphatic rings. The van der Waals surface area contributed by atoms with Crippen molar-refractivity contribution in [1.29, 1.82) is 0 Å². The second-order valence-electron chi connectivity index (χ2n) is 7.66. The lowest BCUT2D eigenvalue weighted by Gasteiger charge is -2.33. The van der Waals surface area contributed by atoms with Gasteiger partial charge in [-0.15, -0.1) is 0 Å². The number of halogens is 3. The smallest absolute Gasteiger partial charge is 0.284 e. The van der Waals surface area contributed by atoms with Crippen LogP contribution in [0.25, 0.3) is 22.0 Å². The Bertz CT molecular complexity index is 1070. The van der Waals surface area contributed by atoms with E-state index in [2.05, 4.69) is 5.10 Å². The van der Waals surface area contributed by atoms with Crippen LogP contribution in [0.3, 0.4) is 0 Å². The van der Waals surface area contributed by atoms with Crippen molar-refractivity contribution >= 4 is 10.8 Å². The zero-order valence-corrected chi connectivity index (χ0v) is 16.1. The fraction of sp³-hybridized carbons (Fsp3) is 0.364. The summed E-state index contributed by atoms with van der Waals surface area (Å²) in [5.74, 6) is -1.36. The van der Waals surface area contributed by atoms with Crippen LogP contribution in [0.1, 0.15) is 18.4 Å². The molecule has 1 fully saturated rings. The summed E-state index contributed by atoms with van der Waals surface area (Å²) in [4.78, 5) is 14.6. The molecule has 29 heavy (non-hydrogen) atoms. The first-order valence-electron chi connectivity index (χ1n) is 9.69. The number of piperidine rings is 1. The molecule has 0 amide bonds. The van der Waals surface area contributed by atoms with Gasteiger partial charge in [-0.05, 0) is 32.4 Å². The number of rotatable bonds is 3. The summed E-state index contributed by atoms with van der Waals surface area (Å²) in [6.45, 7) is 2.45. The minimum absolute atomic E-state index is 0.0507. The van der Waals surface area contributed by atoms with E-state index in [0.29, 0.717) is 24.0 Å². The van der Waals surface area contributed by atoms with Crippen molar-refractivity contribution in [2.75, 3.05) is 13.1 Å². The summed E-state index contributed by atoms with van der Waals surface area (Å²) in [5, 5.41) is 5.82. The summed E-state index contributed by atoms with van der Waals surface area (Å²) in [6, 6.07) is 15.1. The molecule has 3 aromatic rings. The molecule has 2 aromatic carbocycles. The molecule has 0 N–H and O–H groups in total. The molecule has 7 heteroatoms. The van der Waals surface area contributed by atoms with Crippen LogP contribution >= 0.6 is 0 Å². The highest BCUT2D eigenvalue weighted by Gasteiger charge is 2.41. The van der Waals surface area contributed by atoms with E-state index in [1.165, 1.54) is 4.68 Å². The minimum Gasteiger partial charge on any atom is -0.284 e. The van der Waals surface area contributed by atoms with Gasteiger partial charge in [-0.2, -0.15) is 18.3 Å². The van der Waals surface area contributed by atoms with Gasteiger partial charge in [-0.3, -0.25) is 9.69 Å². The van der Waals surface area contributed by atoms with Crippen LogP contribution in [0.5, 0.6) is 0 Å². The van der Waals surface area contributed by atoms with Crippen molar-refractivity contribution in [3.05, 3.63) is 64.4 Å². The van der Waals surface area contributed by atoms with Gasteiger partial charge in [0.2, 0.25) is 0 Å². The molecule has 0 aliphatic carbocycles. The van der Waals surface area contributed by atoms with Crippen molar-refractivity contribution in [2.24, 2.45) is 5.92 Å². The zero-order chi connectivity index (χ0) is 20.6. The fourth-order valence-corrected chi connectivity index (χ4v) is 3.90. The molecular weight excluding hydrogens is 379 g/mol. The fourth-order valence-electron chi connectivity index (χ4n) is 3.90. The molecule has 4 nitrogen and oxygen atoms in total. The van der Waals surface area contributed by atoms with E-state index in [-0.39, 0.29) is 25.2 Å². The average molecular weight is 401 g/mol. The SMILES string of the molecule is Cc1ccc(-c2nn(CN3CCCC(C(F)(F)F)C3)c(=O)c3ccccc23)cc1. The van der Waals surface area contributed by atoms with Crippen LogP contribution < -0.4 is 5.56 Å². The molecule has 4 rings (SSSR count). The van der Waals surface area contributed by atoms with Crippen LogP contribution in [0.4, 0.5) is 13.2 Å². The Kier molecular flexibility index (Phi) is 5.17. The minimum atomic E-state index is -4.21. The Labute approximate surface area is 166 Å². The van der Waals surface area contributed by atoms with Gasteiger partial charge in [-0.25, -0.2) is 4.68 Å². The number of fused-ring (bicyclic) bond motifs is 1. The molecule has 2 heterocycles. The highest BCUT2D eigenvalue weighted by atomic mass is 19.4. The summed E-state index contributed by atoms with van der Waals surface area (Å²) < 4.78 is 40.7. The number of alkyl halides is 3. The Morgan fingerprint density at radius 2 is 1.76 bits per heavy atom. The number of likely N-dealkylation sites (tertiary alicyclic amines) is 1. The molecular formula is C22H22F3N3O. The van der Waals surface area contributed by atoms with E-state index in [0.717, 1.165) is 16.5 Å². The molecule has 1 aliphatic heterocycles. The Morgan fingerprint density at radius 1 is 1.07 bits per heavy atom. The highest BCUT2D eigenvalue weighted by Crippen LogP contribution is 2.33. The first kappa shape index (κ1) is 19.6. The van der Waals surface area contributed by atoms with Gasteiger partial charge in [0.1, 0.15) is 0 Å². The van der Waals surface area contributed by atoms with Crippen molar-refractivity contribution < 1.29 is 13.2 Å². The topological polar surface area (TPSA) is 38.1 Å². The first-order valence-corrected chi connectivity index (χ1v) is 9.69. The molecule has 0 spiro atoms. The van der Waals surface area contributed by atoms with E-state index in [9.17, 15) is 18.0 Å². The maximum atomic E-state index is 13.1. The third-order valence-corrected chi connectivity index (χ3v) is 5.50. The predicted octanol–water partition coefficient (Wildman–Crippen LogP) is 4.60. The van der Waals surface area contributed by atoms with Gasteiger partial charge in [0.25, 0.3) is 5.56 Å². The van der Waals surface area contributed by atoms with Crippen molar-refractivity contribution in [1.82, 2.24) is 14.7 Å². The van der Waals surface area contributed by atoms with E-state index >= 15 is 0 Å². The lowest BCUT2D eigenvalue weighted by atomic mass is 9.98. The van der Waals surface area contributed by atoms with Crippen LogP contribution in [-0.2, 0) is 6.67 Å². The molecule has 0 saturated carbocycles. The van der Waals surface area contributed by atoms with Crippen molar-refractivity contribution in [3.8, 4) is 11.3 Å². The van der Waals surface area contributed by atoms with Gasteiger partial charge in [0.05, 0.1) is 23.7 Å². The van der Waals surface area contributed by atoms with E-state index in [1.807, 2.05) is 43.3 Å². The summed E-state index contributed by atoms with van der Waals surface area (Å²) in [5.41, 5.74) is 2.35. The monoisotopic (exact) mass is 401 g/mol. The Morgan fingerprint density at radius 3 is 2.45 bits per heavy atom. The normalized spacial score (nSPS) is 18.3. The van der Waals surface area contributed by atoms with Gasteiger partial charge >= 0.3 is 6.18 Å². The second-order valence-corrected chi connectivity index (χ2v) is 7.66. The zero-order valence-electron chi connectivity index (χ0n) is 16.1. The molecule has 0 radical (unpaired) electrons.